The van der Waals surface area contributed by atoms with Crippen molar-refractivity contribution >= 4 is 17.3 Å². The first-order valence-corrected chi connectivity index (χ1v) is 7.23. The number of benzene rings is 1. The van der Waals surface area contributed by atoms with Crippen LogP contribution in [0.25, 0.3) is 0 Å². The summed E-state index contributed by atoms with van der Waals surface area (Å²) in [4.78, 5) is 32.2. The van der Waals surface area contributed by atoms with E-state index in [2.05, 4.69) is 0 Å². The Kier molecular flexibility index (Phi) is 5.22. The second kappa shape index (κ2) is 7.14. The minimum Gasteiger partial charge on any atom is -0.461 e. The van der Waals surface area contributed by atoms with Gasteiger partial charge in [0.2, 0.25) is 0 Å². The van der Waals surface area contributed by atoms with Crippen molar-refractivity contribution in [3.63, 3.8) is 0 Å². The number of nitro benzene ring substituents is 2. The Hall–Kier alpha value is -2.55. The van der Waals surface area contributed by atoms with Crippen LogP contribution in [0.5, 0.6) is 0 Å². The highest BCUT2D eigenvalue weighted by molar-refractivity contribution is 5.73. The largest absolute Gasteiger partial charge is 0.461 e. The number of nitrogens with two attached hydrogens (primary N) is 1. The van der Waals surface area contributed by atoms with Gasteiger partial charge in [-0.1, -0.05) is 12.8 Å². The van der Waals surface area contributed by atoms with Crippen LogP contribution in [0.4, 0.5) is 11.4 Å². The summed E-state index contributed by atoms with van der Waals surface area (Å²) in [5.74, 6) is -0.858. The number of ether oxygens (including phenoxy) is 1. The predicted molar refractivity (Wildman–Crippen MR) is 79.5 cm³/mol. The molecule has 9 nitrogen and oxygen atoms in total. The standard InChI is InChI=1S/C14H17N3O6/c15-13-4-2-1-3-12(13)14(18)23-8-9-5-10(16(19)20)7-11(6-9)17(21)22/h5-7,12-13H,1-4,8,15H2/t12-,13+/m1/s1. The van der Waals surface area contributed by atoms with Gasteiger partial charge < -0.3 is 10.5 Å². The van der Waals surface area contributed by atoms with Crippen LogP contribution < -0.4 is 5.73 Å². The highest BCUT2D eigenvalue weighted by Crippen LogP contribution is 2.26. The number of esters is 1. The van der Waals surface area contributed by atoms with Gasteiger partial charge in [0.1, 0.15) is 6.61 Å². The summed E-state index contributed by atoms with van der Waals surface area (Å²) < 4.78 is 5.14. The van der Waals surface area contributed by atoms with Crippen LogP contribution in [0, 0.1) is 26.1 Å². The summed E-state index contributed by atoms with van der Waals surface area (Å²) in [6.07, 6.45) is 3.27. The van der Waals surface area contributed by atoms with E-state index in [1.807, 2.05) is 0 Å². The smallest absolute Gasteiger partial charge is 0.310 e. The Balaban J connectivity index is 2.08. The summed E-state index contributed by atoms with van der Waals surface area (Å²) in [5, 5.41) is 21.6. The third kappa shape index (κ3) is 4.22. The Morgan fingerprint density at radius 1 is 1.13 bits per heavy atom. The van der Waals surface area contributed by atoms with Crippen LogP contribution in [-0.2, 0) is 16.1 Å². The van der Waals surface area contributed by atoms with Gasteiger partial charge in [0.25, 0.3) is 11.4 Å². The van der Waals surface area contributed by atoms with Crippen molar-refractivity contribution in [2.45, 2.75) is 38.3 Å². The zero-order valence-corrected chi connectivity index (χ0v) is 12.3. The highest BCUT2D eigenvalue weighted by Gasteiger charge is 2.29. The summed E-state index contributed by atoms with van der Waals surface area (Å²) >= 11 is 0. The second-order valence-corrected chi connectivity index (χ2v) is 5.53. The third-order valence-electron chi connectivity index (χ3n) is 3.89. The number of carbonyl (C=O) groups is 1. The van der Waals surface area contributed by atoms with Gasteiger partial charge in [0, 0.05) is 23.7 Å². The van der Waals surface area contributed by atoms with Gasteiger partial charge in [-0.2, -0.15) is 0 Å². The molecule has 0 saturated heterocycles. The van der Waals surface area contributed by atoms with E-state index < -0.39 is 33.1 Å². The van der Waals surface area contributed by atoms with Crippen LogP contribution in [0.15, 0.2) is 18.2 Å². The van der Waals surface area contributed by atoms with E-state index in [1.54, 1.807) is 0 Å². The van der Waals surface area contributed by atoms with Crippen molar-refractivity contribution < 1.29 is 19.4 Å². The fraction of sp³-hybridized carbons (Fsp3) is 0.500. The maximum atomic E-state index is 12.0. The first kappa shape index (κ1) is 16.8. The first-order chi connectivity index (χ1) is 10.9. The van der Waals surface area contributed by atoms with E-state index >= 15 is 0 Å². The van der Waals surface area contributed by atoms with Gasteiger partial charge in [0.05, 0.1) is 21.8 Å². The lowest BCUT2D eigenvalue weighted by atomic mass is 9.85. The molecule has 1 saturated carbocycles. The average Bonchev–Trinajstić information content (AvgIpc) is 2.52. The molecule has 2 atom stereocenters. The molecular weight excluding hydrogens is 306 g/mol. The molecule has 0 unspecified atom stereocenters. The maximum Gasteiger partial charge on any atom is 0.310 e. The SMILES string of the molecule is N[C@H]1CCCC[C@H]1C(=O)OCc1cc([N+](=O)[O-])cc([N+](=O)[O-])c1. The van der Waals surface area contributed by atoms with E-state index in [-0.39, 0.29) is 18.2 Å². The van der Waals surface area contributed by atoms with Crippen molar-refractivity contribution in [2.24, 2.45) is 11.7 Å². The number of carbonyl (C=O) groups excluding carboxylic acids is 1. The molecule has 0 amide bonds. The topological polar surface area (TPSA) is 139 Å². The number of non-ortho nitro benzene ring substituents is 2. The molecule has 1 aromatic carbocycles. The molecule has 124 valence electrons. The van der Waals surface area contributed by atoms with E-state index in [9.17, 15) is 25.0 Å². The third-order valence-corrected chi connectivity index (χ3v) is 3.89. The van der Waals surface area contributed by atoms with Gasteiger partial charge in [-0.25, -0.2) is 0 Å². The fourth-order valence-electron chi connectivity index (χ4n) is 2.66. The monoisotopic (exact) mass is 323 g/mol. The summed E-state index contributed by atoms with van der Waals surface area (Å²) in [5.41, 5.74) is 5.26. The second-order valence-electron chi connectivity index (χ2n) is 5.53. The fourth-order valence-corrected chi connectivity index (χ4v) is 2.66. The minimum absolute atomic E-state index is 0.198. The lowest BCUT2D eigenvalue weighted by Crippen LogP contribution is -2.38. The minimum atomic E-state index is -0.727. The summed E-state index contributed by atoms with van der Waals surface area (Å²) in [6.45, 7) is -0.259. The van der Waals surface area contributed by atoms with E-state index in [0.717, 1.165) is 37.5 Å². The number of hydrogen-bond donors (Lipinski definition) is 1. The van der Waals surface area contributed by atoms with Crippen molar-refractivity contribution in [2.75, 3.05) is 0 Å². The number of hydrogen-bond acceptors (Lipinski definition) is 7. The quantitative estimate of drug-likeness (QED) is 0.497. The molecule has 1 aliphatic carbocycles. The average molecular weight is 323 g/mol. The van der Waals surface area contributed by atoms with Crippen molar-refractivity contribution in [1.29, 1.82) is 0 Å². The zero-order valence-electron chi connectivity index (χ0n) is 12.3. The summed E-state index contributed by atoms with van der Waals surface area (Å²) in [6, 6.07) is 2.92. The Labute approximate surface area is 131 Å². The van der Waals surface area contributed by atoms with Crippen molar-refractivity contribution in [3.05, 3.63) is 44.0 Å². The lowest BCUT2D eigenvalue weighted by molar-refractivity contribution is -0.394. The predicted octanol–water partition coefficient (Wildman–Crippen LogP) is 2.06. The lowest BCUT2D eigenvalue weighted by Gasteiger charge is -2.26. The number of rotatable bonds is 5. The van der Waals surface area contributed by atoms with Gasteiger partial charge in [-0.3, -0.25) is 25.0 Å². The van der Waals surface area contributed by atoms with E-state index in [1.165, 1.54) is 0 Å². The van der Waals surface area contributed by atoms with Gasteiger partial charge in [0.15, 0.2) is 0 Å². The molecular formula is C14H17N3O6. The maximum absolute atomic E-state index is 12.0. The Morgan fingerprint density at radius 3 is 2.22 bits per heavy atom. The van der Waals surface area contributed by atoms with Crippen molar-refractivity contribution in [3.8, 4) is 0 Å². The van der Waals surface area contributed by atoms with Crippen LogP contribution in [-0.4, -0.2) is 21.9 Å². The Bertz CT molecular complexity index is 601. The molecule has 0 aromatic heterocycles. The molecule has 0 bridgehead atoms. The molecule has 0 aliphatic heterocycles. The van der Waals surface area contributed by atoms with Crippen molar-refractivity contribution in [1.82, 2.24) is 0 Å². The molecule has 2 rings (SSSR count). The number of nitro groups is 2. The molecule has 1 fully saturated rings. The van der Waals surface area contributed by atoms with Gasteiger partial charge in [-0.15, -0.1) is 0 Å². The molecule has 2 N–H and O–H groups in total. The normalized spacial score (nSPS) is 20.7. The van der Waals surface area contributed by atoms with Gasteiger partial charge in [-0.05, 0) is 12.8 Å². The molecule has 0 spiro atoms. The van der Waals surface area contributed by atoms with Gasteiger partial charge >= 0.3 is 5.97 Å². The molecule has 0 radical (unpaired) electrons. The number of nitrogens with zero attached hydrogens (tertiary/aromatic N) is 2. The van der Waals surface area contributed by atoms with Crippen LogP contribution in [0.1, 0.15) is 31.2 Å². The highest BCUT2D eigenvalue weighted by atomic mass is 16.6. The molecule has 0 heterocycles. The molecule has 9 heteroatoms. The molecule has 1 aromatic rings. The first-order valence-electron chi connectivity index (χ1n) is 7.23. The molecule has 23 heavy (non-hydrogen) atoms. The van der Waals surface area contributed by atoms with Crippen LogP contribution in [0.2, 0.25) is 0 Å². The van der Waals surface area contributed by atoms with E-state index in [0.29, 0.717) is 6.42 Å². The Morgan fingerprint density at radius 2 is 1.70 bits per heavy atom. The zero-order chi connectivity index (χ0) is 17.0. The van der Waals surface area contributed by atoms with Crippen LogP contribution >= 0.6 is 0 Å². The summed E-state index contributed by atoms with van der Waals surface area (Å²) in [7, 11) is 0. The molecule has 1 aliphatic rings. The van der Waals surface area contributed by atoms with Crippen LogP contribution in [0.3, 0.4) is 0 Å². The van der Waals surface area contributed by atoms with E-state index in [4.69, 9.17) is 10.5 Å².